The average Bonchev–Trinajstić information content (AvgIpc) is 2.75. The van der Waals surface area contributed by atoms with E-state index in [9.17, 15) is 4.79 Å². The van der Waals surface area contributed by atoms with Gasteiger partial charge in [-0.15, -0.1) is 0 Å². The minimum Gasteiger partial charge on any atom is -0.357 e. The molecule has 2 fully saturated rings. The maximum absolute atomic E-state index is 11.6. The molecule has 6 nitrogen and oxygen atoms in total. The number of hydrogen-bond donors (Lipinski definition) is 0. The summed E-state index contributed by atoms with van der Waals surface area (Å²) in [5, 5.41) is 0. The number of hydrogen-bond acceptors (Lipinski definition) is 6. The number of piperidine rings is 2. The monoisotopic (exact) mass is 379 g/mol. The Morgan fingerprint density at radius 3 is 2.32 bits per heavy atom. The van der Waals surface area contributed by atoms with E-state index >= 15 is 0 Å². The zero-order valence-electron chi connectivity index (χ0n) is 16.6. The van der Waals surface area contributed by atoms with E-state index in [-0.39, 0.29) is 5.78 Å². The van der Waals surface area contributed by atoms with Crippen molar-refractivity contribution in [2.75, 3.05) is 31.1 Å². The van der Waals surface area contributed by atoms with Crippen LogP contribution in [-0.2, 0) is 6.54 Å². The van der Waals surface area contributed by atoms with Crippen molar-refractivity contribution in [3.8, 4) is 0 Å². The lowest BCUT2D eigenvalue weighted by Crippen LogP contribution is -2.40. The van der Waals surface area contributed by atoms with Crippen LogP contribution in [0.25, 0.3) is 0 Å². The molecule has 2 aromatic heterocycles. The molecular formula is C22H29N5O. The van der Waals surface area contributed by atoms with Crippen LogP contribution >= 0.6 is 0 Å². The van der Waals surface area contributed by atoms with E-state index in [4.69, 9.17) is 0 Å². The van der Waals surface area contributed by atoms with E-state index in [0.717, 1.165) is 42.9 Å². The van der Waals surface area contributed by atoms with E-state index in [1.807, 2.05) is 18.5 Å². The summed E-state index contributed by atoms with van der Waals surface area (Å²) in [5.74, 6) is 2.70. The van der Waals surface area contributed by atoms with Crippen LogP contribution in [0, 0.1) is 11.8 Å². The fraction of sp³-hybridized carbons (Fsp3) is 0.545. The Morgan fingerprint density at radius 1 is 1.04 bits per heavy atom. The Kier molecular flexibility index (Phi) is 5.95. The standard InChI is InChI=1S/C22H29N5O/c1-17(28)21-2-7-25-22(12-21)27-10-5-20(6-11-27)19-3-8-26(9-4-19)15-18-13-23-16-24-14-18/h2,7,12-14,16,19-20H,3-6,8-11,15H2,1H3. The summed E-state index contributed by atoms with van der Waals surface area (Å²) >= 11 is 0. The van der Waals surface area contributed by atoms with Gasteiger partial charge in [0.05, 0.1) is 0 Å². The lowest BCUT2D eigenvalue weighted by molar-refractivity contribution is 0.101. The Bertz CT molecular complexity index is 781. The van der Waals surface area contributed by atoms with Crippen LogP contribution in [-0.4, -0.2) is 51.8 Å². The predicted molar refractivity (Wildman–Crippen MR) is 109 cm³/mol. The topological polar surface area (TPSA) is 62.2 Å². The number of likely N-dealkylation sites (tertiary alicyclic amines) is 1. The second kappa shape index (κ2) is 8.78. The molecule has 4 rings (SSSR count). The van der Waals surface area contributed by atoms with Gasteiger partial charge in [-0.3, -0.25) is 9.69 Å². The number of carbonyl (C=O) groups excluding carboxylic acids is 1. The molecule has 6 heteroatoms. The molecule has 148 valence electrons. The highest BCUT2D eigenvalue weighted by atomic mass is 16.1. The van der Waals surface area contributed by atoms with Gasteiger partial charge in [0.2, 0.25) is 0 Å². The van der Waals surface area contributed by atoms with E-state index in [1.165, 1.54) is 44.3 Å². The van der Waals surface area contributed by atoms with Crippen molar-refractivity contribution in [2.45, 2.75) is 39.2 Å². The molecular weight excluding hydrogens is 350 g/mol. The molecule has 2 aliphatic heterocycles. The van der Waals surface area contributed by atoms with Crippen molar-refractivity contribution < 1.29 is 4.79 Å². The predicted octanol–water partition coefficient (Wildman–Crippen LogP) is 3.20. The summed E-state index contributed by atoms with van der Waals surface area (Å²) in [4.78, 5) is 29.2. The molecule has 0 radical (unpaired) electrons. The normalized spacial score (nSPS) is 19.7. The number of nitrogens with zero attached hydrogens (tertiary/aromatic N) is 5. The Labute approximate surface area is 167 Å². The maximum atomic E-state index is 11.6. The van der Waals surface area contributed by atoms with Gasteiger partial charge >= 0.3 is 0 Å². The lowest BCUT2D eigenvalue weighted by atomic mass is 9.78. The zero-order valence-corrected chi connectivity index (χ0v) is 16.6. The van der Waals surface area contributed by atoms with Crippen LogP contribution < -0.4 is 4.90 Å². The van der Waals surface area contributed by atoms with E-state index in [0.29, 0.717) is 0 Å². The summed E-state index contributed by atoms with van der Waals surface area (Å²) in [6.45, 7) is 7.00. The Balaban J connectivity index is 1.26. The van der Waals surface area contributed by atoms with Gasteiger partial charge in [0.1, 0.15) is 12.1 Å². The number of anilines is 1. The van der Waals surface area contributed by atoms with Crippen LogP contribution in [0.4, 0.5) is 5.82 Å². The van der Waals surface area contributed by atoms with Crippen molar-refractivity contribution in [1.82, 2.24) is 19.9 Å². The number of pyridine rings is 1. The second-order valence-corrected chi connectivity index (χ2v) is 8.14. The summed E-state index contributed by atoms with van der Waals surface area (Å²) < 4.78 is 0. The zero-order chi connectivity index (χ0) is 19.3. The molecule has 0 aliphatic carbocycles. The molecule has 0 aromatic carbocycles. The molecule has 0 unspecified atom stereocenters. The number of carbonyl (C=O) groups is 1. The van der Waals surface area contributed by atoms with Gasteiger partial charge in [-0.05, 0) is 69.7 Å². The first-order valence-corrected chi connectivity index (χ1v) is 10.4. The van der Waals surface area contributed by atoms with Gasteiger partial charge in [-0.25, -0.2) is 15.0 Å². The molecule has 0 bridgehead atoms. The molecule has 0 spiro atoms. The SMILES string of the molecule is CC(=O)c1ccnc(N2CCC(C3CCN(Cc4cncnc4)CC3)CC2)c1. The van der Waals surface area contributed by atoms with Gasteiger partial charge < -0.3 is 4.90 Å². The summed E-state index contributed by atoms with van der Waals surface area (Å²) in [7, 11) is 0. The quantitative estimate of drug-likeness (QED) is 0.744. The van der Waals surface area contributed by atoms with Gasteiger partial charge in [-0.1, -0.05) is 0 Å². The fourth-order valence-electron chi connectivity index (χ4n) is 4.66. The van der Waals surface area contributed by atoms with Crippen LogP contribution in [0.2, 0.25) is 0 Å². The Hall–Kier alpha value is -2.34. The molecule has 2 aromatic rings. The van der Waals surface area contributed by atoms with Gasteiger partial charge in [-0.2, -0.15) is 0 Å². The van der Waals surface area contributed by atoms with Crippen LogP contribution in [0.15, 0.2) is 37.1 Å². The molecule has 0 N–H and O–H groups in total. The maximum Gasteiger partial charge on any atom is 0.159 e. The van der Waals surface area contributed by atoms with Crippen LogP contribution in [0.5, 0.6) is 0 Å². The highest BCUT2D eigenvalue weighted by Gasteiger charge is 2.30. The van der Waals surface area contributed by atoms with Crippen LogP contribution in [0.1, 0.15) is 48.5 Å². The highest BCUT2D eigenvalue weighted by molar-refractivity contribution is 5.94. The molecule has 28 heavy (non-hydrogen) atoms. The minimum absolute atomic E-state index is 0.104. The van der Waals surface area contributed by atoms with E-state index < -0.39 is 0 Å². The van der Waals surface area contributed by atoms with Crippen molar-refractivity contribution >= 4 is 11.6 Å². The molecule has 2 aliphatic rings. The van der Waals surface area contributed by atoms with Crippen molar-refractivity contribution in [2.24, 2.45) is 11.8 Å². The highest BCUT2D eigenvalue weighted by Crippen LogP contribution is 2.33. The van der Waals surface area contributed by atoms with E-state index in [1.54, 1.807) is 25.5 Å². The first-order valence-electron chi connectivity index (χ1n) is 10.4. The molecule has 2 saturated heterocycles. The molecule has 4 heterocycles. The van der Waals surface area contributed by atoms with Gasteiger partial charge in [0.25, 0.3) is 0 Å². The van der Waals surface area contributed by atoms with Crippen molar-refractivity contribution in [3.05, 3.63) is 48.2 Å². The second-order valence-electron chi connectivity index (χ2n) is 8.14. The first kappa shape index (κ1) is 19.0. The largest absolute Gasteiger partial charge is 0.357 e. The Morgan fingerprint density at radius 2 is 1.68 bits per heavy atom. The first-order chi connectivity index (χ1) is 13.7. The number of ketones is 1. The lowest BCUT2D eigenvalue weighted by Gasteiger charge is -2.40. The van der Waals surface area contributed by atoms with Gasteiger partial charge in [0, 0.05) is 49.4 Å². The van der Waals surface area contributed by atoms with Crippen molar-refractivity contribution in [3.63, 3.8) is 0 Å². The van der Waals surface area contributed by atoms with Gasteiger partial charge in [0.15, 0.2) is 5.78 Å². The van der Waals surface area contributed by atoms with Crippen molar-refractivity contribution in [1.29, 1.82) is 0 Å². The molecule has 0 saturated carbocycles. The third-order valence-corrected chi connectivity index (χ3v) is 6.33. The smallest absolute Gasteiger partial charge is 0.159 e. The number of rotatable bonds is 5. The summed E-state index contributed by atoms with van der Waals surface area (Å²) in [6, 6.07) is 3.74. The number of aromatic nitrogens is 3. The number of Topliss-reactive ketones (excluding diaryl/α,β-unsaturated/α-hetero) is 1. The van der Waals surface area contributed by atoms with Crippen LogP contribution in [0.3, 0.4) is 0 Å². The average molecular weight is 380 g/mol. The third kappa shape index (κ3) is 4.55. The molecule has 0 atom stereocenters. The summed E-state index contributed by atoms with van der Waals surface area (Å²) in [5.41, 5.74) is 1.96. The summed E-state index contributed by atoms with van der Waals surface area (Å²) in [6.07, 6.45) is 12.2. The molecule has 0 amide bonds. The fourth-order valence-corrected chi connectivity index (χ4v) is 4.66. The third-order valence-electron chi connectivity index (χ3n) is 6.33. The minimum atomic E-state index is 0.104. The van der Waals surface area contributed by atoms with E-state index in [2.05, 4.69) is 24.8 Å².